The van der Waals surface area contributed by atoms with Gasteiger partial charge in [0.2, 0.25) is 0 Å². The van der Waals surface area contributed by atoms with Gasteiger partial charge >= 0.3 is 6.18 Å². The Morgan fingerprint density at radius 2 is 1.69 bits per heavy atom. The highest BCUT2D eigenvalue weighted by Crippen LogP contribution is 2.31. The molecule has 0 radical (unpaired) electrons. The number of carbonyl (C=O) groups excluding carboxylic acids is 1. The van der Waals surface area contributed by atoms with Gasteiger partial charge in [-0.25, -0.2) is 0 Å². The van der Waals surface area contributed by atoms with Crippen molar-refractivity contribution >= 4 is 17.3 Å². The van der Waals surface area contributed by atoms with E-state index in [0.29, 0.717) is 30.3 Å². The third-order valence-corrected chi connectivity index (χ3v) is 3.66. The molecule has 138 valence electrons. The fourth-order valence-corrected chi connectivity index (χ4v) is 2.44. The molecule has 2 aromatic carbocycles. The van der Waals surface area contributed by atoms with Crippen LogP contribution in [0.4, 0.5) is 24.5 Å². The minimum absolute atomic E-state index is 0.188. The zero-order valence-electron chi connectivity index (χ0n) is 13.7. The predicted octanol–water partition coefficient (Wildman–Crippen LogP) is 4.07. The van der Waals surface area contributed by atoms with Gasteiger partial charge in [-0.2, -0.15) is 13.2 Å². The van der Waals surface area contributed by atoms with E-state index in [1.807, 2.05) is 0 Å². The highest BCUT2D eigenvalue weighted by Gasteiger charge is 2.27. The van der Waals surface area contributed by atoms with E-state index in [2.05, 4.69) is 10.6 Å². The smallest absolute Gasteiger partial charge is 0.405 e. The average molecular weight is 366 g/mol. The Kier molecular flexibility index (Phi) is 5.20. The van der Waals surface area contributed by atoms with Crippen LogP contribution >= 0.6 is 0 Å². The van der Waals surface area contributed by atoms with Crippen LogP contribution < -0.4 is 20.1 Å². The van der Waals surface area contributed by atoms with Crippen molar-refractivity contribution in [1.82, 2.24) is 0 Å². The number of hydrogen-bond donors (Lipinski definition) is 2. The Morgan fingerprint density at radius 1 is 1.00 bits per heavy atom. The van der Waals surface area contributed by atoms with Gasteiger partial charge in [0, 0.05) is 12.0 Å². The molecule has 1 aliphatic heterocycles. The maximum Gasteiger partial charge on any atom is 0.405 e. The monoisotopic (exact) mass is 366 g/mol. The first-order chi connectivity index (χ1) is 12.4. The number of amides is 1. The molecule has 0 fully saturated rings. The van der Waals surface area contributed by atoms with E-state index >= 15 is 0 Å². The Balaban J connectivity index is 1.75. The molecule has 2 aromatic rings. The summed E-state index contributed by atoms with van der Waals surface area (Å²) in [7, 11) is 0. The lowest BCUT2D eigenvalue weighted by Gasteiger charge is -2.15. The summed E-state index contributed by atoms with van der Waals surface area (Å²) in [5, 5.41) is 4.90. The van der Waals surface area contributed by atoms with Gasteiger partial charge in [0.15, 0.2) is 11.5 Å². The second-order valence-corrected chi connectivity index (χ2v) is 5.68. The summed E-state index contributed by atoms with van der Waals surface area (Å²) in [6.45, 7) is -0.164. The lowest BCUT2D eigenvalue weighted by atomic mass is 10.1. The van der Waals surface area contributed by atoms with Gasteiger partial charge in [-0.1, -0.05) is 12.1 Å². The standard InChI is InChI=1S/C18H17F3N2O3/c19-18(20,21)11-22-13-4-1-2-5-14(13)23-17(24)12-6-7-15-16(10-12)26-9-3-8-25-15/h1-2,4-7,10,22H,3,8-9,11H2,(H,23,24). The zero-order chi connectivity index (χ0) is 18.6. The first-order valence-electron chi connectivity index (χ1n) is 8.03. The first-order valence-corrected chi connectivity index (χ1v) is 8.03. The van der Waals surface area contributed by atoms with Crippen LogP contribution in [-0.4, -0.2) is 31.8 Å². The van der Waals surface area contributed by atoms with Gasteiger partial charge in [-0.05, 0) is 30.3 Å². The molecule has 3 rings (SSSR count). The van der Waals surface area contributed by atoms with Crippen LogP contribution in [0.25, 0.3) is 0 Å². The van der Waals surface area contributed by atoms with E-state index in [0.717, 1.165) is 6.42 Å². The third kappa shape index (κ3) is 4.59. The summed E-state index contributed by atoms with van der Waals surface area (Å²) < 4.78 is 48.3. The highest BCUT2D eigenvalue weighted by molar-refractivity contribution is 6.06. The molecule has 0 aliphatic carbocycles. The molecule has 0 aromatic heterocycles. The maximum atomic E-state index is 12.5. The molecule has 0 saturated carbocycles. The Hall–Kier alpha value is -2.90. The van der Waals surface area contributed by atoms with Crippen LogP contribution in [0.3, 0.4) is 0 Å². The van der Waals surface area contributed by atoms with Crippen molar-refractivity contribution in [1.29, 1.82) is 0 Å². The SMILES string of the molecule is O=C(Nc1ccccc1NCC(F)(F)F)c1ccc2c(c1)OCCCO2. The maximum absolute atomic E-state index is 12.5. The Labute approximate surface area is 148 Å². The average Bonchev–Trinajstić information content (AvgIpc) is 2.85. The van der Waals surface area contributed by atoms with E-state index < -0.39 is 18.6 Å². The minimum atomic E-state index is -4.36. The number of rotatable bonds is 4. The Morgan fingerprint density at radius 3 is 2.42 bits per heavy atom. The molecule has 1 aliphatic rings. The van der Waals surface area contributed by atoms with Gasteiger partial charge in [0.25, 0.3) is 5.91 Å². The van der Waals surface area contributed by atoms with Crippen molar-refractivity contribution in [2.75, 3.05) is 30.4 Å². The van der Waals surface area contributed by atoms with Gasteiger partial charge in [-0.3, -0.25) is 4.79 Å². The second-order valence-electron chi connectivity index (χ2n) is 5.68. The number of benzene rings is 2. The molecule has 8 heteroatoms. The van der Waals surface area contributed by atoms with E-state index in [9.17, 15) is 18.0 Å². The molecule has 0 atom stereocenters. The van der Waals surface area contributed by atoms with Crippen LogP contribution in [-0.2, 0) is 0 Å². The summed E-state index contributed by atoms with van der Waals surface area (Å²) in [6, 6.07) is 11.0. The van der Waals surface area contributed by atoms with Crippen LogP contribution in [0, 0.1) is 0 Å². The number of fused-ring (bicyclic) bond motifs is 1. The van der Waals surface area contributed by atoms with E-state index in [-0.39, 0.29) is 11.4 Å². The Bertz CT molecular complexity index is 793. The minimum Gasteiger partial charge on any atom is -0.490 e. The molecular formula is C18H17F3N2O3. The van der Waals surface area contributed by atoms with Crippen LogP contribution in [0.2, 0.25) is 0 Å². The van der Waals surface area contributed by atoms with Gasteiger partial charge in [0.1, 0.15) is 6.54 Å². The fourth-order valence-electron chi connectivity index (χ4n) is 2.44. The number of ether oxygens (including phenoxy) is 2. The molecule has 5 nitrogen and oxygen atoms in total. The van der Waals surface area contributed by atoms with Crippen LogP contribution in [0.5, 0.6) is 11.5 Å². The van der Waals surface area contributed by atoms with E-state index in [4.69, 9.17) is 9.47 Å². The van der Waals surface area contributed by atoms with Gasteiger partial charge in [0.05, 0.1) is 24.6 Å². The van der Waals surface area contributed by atoms with Crippen molar-refractivity contribution in [3.63, 3.8) is 0 Å². The number of hydrogen-bond acceptors (Lipinski definition) is 4. The first kappa shape index (κ1) is 17.9. The van der Waals surface area contributed by atoms with E-state index in [1.54, 1.807) is 30.3 Å². The quantitative estimate of drug-likeness (QED) is 0.856. The molecule has 1 heterocycles. The van der Waals surface area contributed by atoms with Crippen molar-refractivity contribution in [3.05, 3.63) is 48.0 Å². The molecule has 0 saturated heterocycles. The molecule has 0 unspecified atom stereocenters. The van der Waals surface area contributed by atoms with E-state index in [1.165, 1.54) is 12.1 Å². The third-order valence-electron chi connectivity index (χ3n) is 3.66. The molecule has 26 heavy (non-hydrogen) atoms. The topological polar surface area (TPSA) is 59.6 Å². The number of alkyl halides is 3. The number of anilines is 2. The van der Waals surface area contributed by atoms with Crippen molar-refractivity contribution in [3.8, 4) is 11.5 Å². The van der Waals surface area contributed by atoms with Crippen LogP contribution in [0.15, 0.2) is 42.5 Å². The molecule has 2 N–H and O–H groups in total. The summed E-state index contributed by atoms with van der Waals surface area (Å²) in [4.78, 5) is 12.5. The lowest BCUT2D eigenvalue weighted by molar-refractivity contribution is -0.115. The second kappa shape index (κ2) is 7.55. The van der Waals surface area contributed by atoms with Crippen molar-refractivity contribution in [2.24, 2.45) is 0 Å². The summed E-state index contributed by atoms with van der Waals surface area (Å²) in [6.07, 6.45) is -3.61. The summed E-state index contributed by atoms with van der Waals surface area (Å²) in [5.74, 6) is 0.576. The van der Waals surface area contributed by atoms with Crippen molar-refractivity contribution < 1.29 is 27.4 Å². The summed E-state index contributed by atoms with van der Waals surface area (Å²) >= 11 is 0. The van der Waals surface area contributed by atoms with Crippen LogP contribution in [0.1, 0.15) is 16.8 Å². The zero-order valence-corrected chi connectivity index (χ0v) is 13.7. The molecule has 1 amide bonds. The highest BCUT2D eigenvalue weighted by atomic mass is 19.4. The number of nitrogens with one attached hydrogen (secondary N) is 2. The van der Waals surface area contributed by atoms with Gasteiger partial charge in [-0.15, -0.1) is 0 Å². The molecule has 0 bridgehead atoms. The normalized spacial score (nSPS) is 13.7. The number of para-hydroxylation sites is 2. The van der Waals surface area contributed by atoms with Gasteiger partial charge < -0.3 is 20.1 Å². The predicted molar refractivity (Wildman–Crippen MR) is 91.0 cm³/mol. The summed E-state index contributed by atoms with van der Waals surface area (Å²) in [5.41, 5.74) is 0.765. The number of halogens is 3. The largest absolute Gasteiger partial charge is 0.490 e. The fraction of sp³-hybridized carbons (Fsp3) is 0.278. The lowest BCUT2D eigenvalue weighted by Crippen LogP contribution is -2.22. The molecule has 0 spiro atoms. The number of carbonyl (C=O) groups is 1. The molecular weight excluding hydrogens is 349 g/mol. The van der Waals surface area contributed by atoms with Crippen molar-refractivity contribution in [2.45, 2.75) is 12.6 Å².